The van der Waals surface area contributed by atoms with Crippen LogP contribution in [0.1, 0.15) is 45.1 Å². The van der Waals surface area contributed by atoms with Gasteiger partial charge in [-0.1, -0.05) is 42.6 Å². The van der Waals surface area contributed by atoms with E-state index in [1.54, 1.807) is 7.11 Å². The van der Waals surface area contributed by atoms with Crippen LogP contribution in [0.25, 0.3) is 0 Å². The monoisotopic (exact) mass is 353 g/mol. The molecule has 0 aromatic heterocycles. The Hall–Kier alpha value is -0.540. The van der Waals surface area contributed by atoms with Crippen LogP contribution in [0.5, 0.6) is 5.75 Å². The molecule has 1 aromatic carbocycles. The predicted molar refractivity (Wildman–Crippen MR) is 93.0 cm³/mol. The summed E-state index contributed by atoms with van der Waals surface area (Å²) in [5.41, 5.74) is 1.30. The number of likely N-dealkylation sites (N-methyl/N-ethyl adjacent to an activating group) is 1. The maximum Gasteiger partial charge on any atom is 0.122 e. The molecule has 1 aliphatic rings. The quantitative estimate of drug-likeness (QED) is 0.792. The third-order valence-electron chi connectivity index (χ3n) is 4.69. The molecule has 21 heavy (non-hydrogen) atoms. The Balaban J connectivity index is 2.13. The van der Waals surface area contributed by atoms with Crippen LogP contribution in [0.3, 0.4) is 0 Å². The van der Waals surface area contributed by atoms with Gasteiger partial charge in [-0.3, -0.25) is 0 Å². The van der Waals surface area contributed by atoms with E-state index in [0.717, 1.165) is 35.0 Å². The van der Waals surface area contributed by atoms with E-state index in [9.17, 15) is 0 Å². The molecular formula is C18H28BrNO. The van der Waals surface area contributed by atoms with Crippen LogP contribution in [0.15, 0.2) is 22.7 Å². The number of rotatable bonds is 6. The highest BCUT2D eigenvalue weighted by atomic mass is 79.9. The minimum absolute atomic E-state index is 0.556. The number of hydrogen-bond acceptors (Lipinski definition) is 2. The zero-order chi connectivity index (χ0) is 15.2. The smallest absolute Gasteiger partial charge is 0.122 e. The van der Waals surface area contributed by atoms with Crippen LogP contribution in [0.2, 0.25) is 0 Å². The standard InChI is InChI=1S/C18H28BrNO/c1-4-20-17(14-7-5-6-13(2)10-14)12-15-11-16(19)8-9-18(15)21-3/h8-9,11,13-14,17,20H,4-7,10,12H2,1-3H3. The molecule has 0 heterocycles. The fraction of sp³-hybridized carbons (Fsp3) is 0.667. The molecule has 2 rings (SSSR count). The molecule has 2 nitrogen and oxygen atoms in total. The van der Waals surface area contributed by atoms with Gasteiger partial charge < -0.3 is 10.1 Å². The van der Waals surface area contributed by atoms with E-state index in [4.69, 9.17) is 4.74 Å². The minimum atomic E-state index is 0.556. The average Bonchev–Trinajstić information content (AvgIpc) is 2.47. The highest BCUT2D eigenvalue weighted by Gasteiger charge is 2.27. The van der Waals surface area contributed by atoms with Gasteiger partial charge in [-0.2, -0.15) is 0 Å². The Morgan fingerprint density at radius 1 is 1.38 bits per heavy atom. The molecule has 1 aliphatic carbocycles. The van der Waals surface area contributed by atoms with Crippen LogP contribution in [-0.2, 0) is 6.42 Å². The van der Waals surface area contributed by atoms with Crippen molar-refractivity contribution >= 4 is 15.9 Å². The van der Waals surface area contributed by atoms with Gasteiger partial charge in [-0.25, -0.2) is 0 Å². The van der Waals surface area contributed by atoms with Crippen LogP contribution < -0.4 is 10.1 Å². The van der Waals surface area contributed by atoms with Crippen molar-refractivity contribution in [3.8, 4) is 5.75 Å². The molecule has 1 aromatic rings. The Bertz CT molecular complexity index is 449. The van der Waals surface area contributed by atoms with Crippen molar-refractivity contribution in [3.05, 3.63) is 28.2 Å². The fourth-order valence-corrected chi connectivity index (χ4v) is 4.07. The fourth-order valence-electron chi connectivity index (χ4n) is 3.66. The second-order valence-corrected chi connectivity index (χ2v) is 7.27. The summed E-state index contributed by atoms with van der Waals surface area (Å²) < 4.78 is 6.67. The molecule has 0 radical (unpaired) electrons. The Morgan fingerprint density at radius 2 is 2.19 bits per heavy atom. The number of benzene rings is 1. The van der Waals surface area contributed by atoms with E-state index in [2.05, 4.69) is 47.2 Å². The first-order valence-corrected chi connectivity index (χ1v) is 8.99. The molecule has 3 heteroatoms. The number of halogens is 1. The second kappa shape index (κ2) is 8.19. The zero-order valence-corrected chi connectivity index (χ0v) is 15.1. The van der Waals surface area contributed by atoms with Crippen molar-refractivity contribution in [2.75, 3.05) is 13.7 Å². The topological polar surface area (TPSA) is 21.3 Å². The number of ether oxygens (including phenoxy) is 1. The molecule has 1 fully saturated rings. The Kier molecular flexibility index (Phi) is 6.56. The van der Waals surface area contributed by atoms with Gasteiger partial charge in [-0.15, -0.1) is 0 Å². The predicted octanol–water partition coefficient (Wildman–Crippen LogP) is 4.80. The van der Waals surface area contributed by atoms with Gasteiger partial charge >= 0.3 is 0 Å². The third-order valence-corrected chi connectivity index (χ3v) is 5.19. The lowest BCUT2D eigenvalue weighted by atomic mass is 9.77. The van der Waals surface area contributed by atoms with Gasteiger partial charge in [0.05, 0.1) is 7.11 Å². The van der Waals surface area contributed by atoms with E-state index < -0.39 is 0 Å². The summed E-state index contributed by atoms with van der Waals surface area (Å²) in [6.07, 6.45) is 6.54. The van der Waals surface area contributed by atoms with E-state index in [-0.39, 0.29) is 0 Å². The van der Waals surface area contributed by atoms with Crippen LogP contribution in [0, 0.1) is 11.8 Å². The van der Waals surface area contributed by atoms with Crippen molar-refractivity contribution in [3.63, 3.8) is 0 Å². The summed E-state index contributed by atoms with van der Waals surface area (Å²) in [6, 6.07) is 6.87. The van der Waals surface area contributed by atoms with Gasteiger partial charge in [0.1, 0.15) is 5.75 Å². The normalized spacial score (nSPS) is 23.8. The first-order chi connectivity index (χ1) is 10.1. The Labute approximate surface area is 137 Å². The zero-order valence-electron chi connectivity index (χ0n) is 13.5. The van der Waals surface area contributed by atoms with Crippen molar-refractivity contribution in [1.29, 1.82) is 0 Å². The molecule has 0 spiro atoms. The summed E-state index contributed by atoms with van der Waals surface area (Å²) in [4.78, 5) is 0. The van der Waals surface area contributed by atoms with Gasteiger partial charge in [-0.05, 0) is 61.4 Å². The highest BCUT2D eigenvalue weighted by Crippen LogP contribution is 2.33. The van der Waals surface area contributed by atoms with Gasteiger partial charge in [0.15, 0.2) is 0 Å². The average molecular weight is 354 g/mol. The lowest BCUT2D eigenvalue weighted by Crippen LogP contribution is -2.40. The van der Waals surface area contributed by atoms with Crippen LogP contribution in [-0.4, -0.2) is 19.7 Å². The molecule has 0 amide bonds. The molecular weight excluding hydrogens is 326 g/mol. The second-order valence-electron chi connectivity index (χ2n) is 6.36. The van der Waals surface area contributed by atoms with Gasteiger partial charge in [0, 0.05) is 10.5 Å². The molecule has 0 bridgehead atoms. The first kappa shape index (κ1) is 16.8. The maximum atomic E-state index is 5.54. The molecule has 3 unspecified atom stereocenters. The van der Waals surface area contributed by atoms with Gasteiger partial charge in [0.2, 0.25) is 0 Å². The summed E-state index contributed by atoms with van der Waals surface area (Å²) in [5.74, 6) is 2.66. The lowest BCUT2D eigenvalue weighted by Gasteiger charge is -2.34. The van der Waals surface area contributed by atoms with E-state index >= 15 is 0 Å². The van der Waals surface area contributed by atoms with Crippen molar-refractivity contribution in [2.24, 2.45) is 11.8 Å². The molecule has 0 saturated heterocycles. The van der Waals surface area contributed by atoms with Gasteiger partial charge in [0.25, 0.3) is 0 Å². The summed E-state index contributed by atoms with van der Waals surface area (Å²) in [6.45, 7) is 5.64. The largest absolute Gasteiger partial charge is 0.496 e. The van der Waals surface area contributed by atoms with E-state index in [1.807, 2.05) is 6.07 Å². The summed E-state index contributed by atoms with van der Waals surface area (Å²) in [5, 5.41) is 3.72. The SMILES string of the molecule is CCNC(Cc1cc(Br)ccc1OC)C1CCCC(C)C1. The van der Waals surface area contributed by atoms with Crippen LogP contribution >= 0.6 is 15.9 Å². The lowest BCUT2D eigenvalue weighted by molar-refractivity contribution is 0.222. The molecule has 1 N–H and O–H groups in total. The maximum absolute atomic E-state index is 5.54. The van der Waals surface area contributed by atoms with Crippen molar-refractivity contribution in [1.82, 2.24) is 5.32 Å². The van der Waals surface area contributed by atoms with Crippen molar-refractivity contribution < 1.29 is 4.74 Å². The molecule has 1 saturated carbocycles. The summed E-state index contributed by atoms with van der Waals surface area (Å²) >= 11 is 3.58. The Morgan fingerprint density at radius 3 is 2.86 bits per heavy atom. The third kappa shape index (κ3) is 4.72. The molecule has 0 aliphatic heterocycles. The summed E-state index contributed by atoms with van der Waals surface area (Å²) in [7, 11) is 1.76. The number of nitrogens with one attached hydrogen (secondary N) is 1. The van der Waals surface area contributed by atoms with Crippen molar-refractivity contribution in [2.45, 2.75) is 52.0 Å². The van der Waals surface area contributed by atoms with E-state index in [0.29, 0.717) is 6.04 Å². The molecule has 118 valence electrons. The minimum Gasteiger partial charge on any atom is -0.496 e. The number of hydrogen-bond donors (Lipinski definition) is 1. The van der Waals surface area contributed by atoms with Crippen LogP contribution in [0.4, 0.5) is 0 Å². The highest BCUT2D eigenvalue weighted by molar-refractivity contribution is 9.10. The van der Waals surface area contributed by atoms with E-state index in [1.165, 1.54) is 31.2 Å². The molecule has 3 atom stereocenters. The number of methoxy groups -OCH3 is 1. The first-order valence-electron chi connectivity index (χ1n) is 8.19.